The van der Waals surface area contributed by atoms with Crippen molar-refractivity contribution < 1.29 is 14.3 Å². The normalized spacial score (nSPS) is 17.0. The number of rotatable bonds is 6. The van der Waals surface area contributed by atoms with Crippen LogP contribution in [-0.4, -0.2) is 44.2 Å². The van der Waals surface area contributed by atoms with E-state index in [0.717, 1.165) is 23.6 Å². The number of hydrogen-bond donors (Lipinski definition) is 1. The Morgan fingerprint density at radius 3 is 2.65 bits per heavy atom. The van der Waals surface area contributed by atoms with Crippen molar-refractivity contribution in [1.29, 1.82) is 0 Å². The van der Waals surface area contributed by atoms with E-state index in [2.05, 4.69) is 5.32 Å². The summed E-state index contributed by atoms with van der Waals surface area (Å²) in [5.74, 6) is 1.57. The number of ether oxygens (including phenoxy) is 2. The largest absolute Gasteiger partial charge is 0.497 e. The minimum Gasteiger partial charge on any atom is -0.497 e. The van der Waals surface area contributed by atoms with Gasteiger partial charge in [-0.05, 0) is 35.9 Å². The summed E-state index contributed by atoms with van der Waals surface area (Å²) >= 11 is 6.34. The summed E-state index contributed by atoms with van der Waals surface area (Å²) in [5.41, 5.74) is 0.978. The molecule has 1 heterocycles. The zero-order valence-electron chi connectivity index (χ0n) is 14.8. The van der Waals surface area contributed by atoms with Crippen LogP contribution in [0.4, 0.5) is 0 Å². The number of nitrogens with one attached hydrogen (secondary N) is 1. The van der Waals surface area contributed by atoms with Crippen LogP contribution in [0.3, 0.4) is 0 Å². The number of benzene rings is 2. The maximum absolute atomic E-state index is 12.7. The minimum atomic E-state index is -0.0501. The molecule has 2 aromatic rings. The second-order valence-corrected chi connectivity index (χ2v) is 6.51. The molecule has 1 aliphatic rings. The molecule has 138 valence electrons. The van der Waals surface area contributed by atoms with Crippen molar-refractivity contribution >= 4 is 17.5 Å². The van der Waals surface area contributed by atoms with Crippen LogP contribution < -0.4 is 14.8 Å². The van der Waals surface area contributed by atoms with Crippen LogP contribution in [0.5, 0.6) is 11.5 Å². The first kappa shape index (κ1) is 18.5. The molecule has 1 amide bonds. The average molecular weight is 375 g/mol. The van der Waals surface area contributed by atoms with E-state index in [1.54, 1.807) is 7.11 Å². The van der Waals surface area contributed by atoms with Crippen LogP contribution in [0.2, 0.25) is 5.02 Å². The van der Waals surface area contributed by atoms with Gasteiger partial charge in [0.2, 0.25) is 5.91 Å². The number of hydrogen-bond acceptors (Lipinski definition) is 4. The maximum Gasteiger partial charge on any atom is 0.226 e. The van der Waals surface area contributed by atoms with Crippen LogP contribution in [0.15, 0.2) is 48.5 Å². The van der Waals surface area contributed by atoms with Gasteiger partial charge < -0.3 is 19.7 Å². The quantitative estimate of drug-likeness (QED) is 0.843. The molecule has 26 heavy (non-hydrogen) atoms. The summed E-state index contributed by atoms with van der Waals surface area (Å²) in [4.78, 5) is 14.6. The van der Waals surface area contributed by atoms with Gasteiger partial charge >= 0.3 is 0 Å². The van der Waals surface area contributed by atoms with Crippen molar-refractivity contribution in [2.45, 2.75) is 12.5 Å². The Labute approximate surface area is 158 Å². The minimum absolute atomic E-state index is 0.0501. The van der Waals surface area contributed by atoms with Gasteiger partial charge in [-0.1, -0.05) is 29.8 Å². The lowest BCUT2D eigenvalue weighted by Gasteiger charge is -2.37. The third-order valence-electron chi connectivity index (χ3n) is 4.47. The Balaban J connectivity index is 1.59. The van der Waals surface area contributed by atoms with Gasteiger partial charge in [0, 0.05) is 24.7 Å². The van der Waals surface area contributed by atoms with Gasteiger partial charge in [0.1, 0.15) is 11.5 Å². The molecule has 5 nitrogen and oxygen atoms in total. The van der Waals surface area contributed by atoms with Gasteiger partial charge in [-0.2, -0.15) is 0 Å². The number of piperazine rings is 1. The maximum atomic E-state index is 12.7. The number of methoxy groups -OCH3 is 1. The zero-order chi connectivity index (χ0) is 18.4. The summed E-state index contributed by atoms with van der Waals surface area (Å²) in [6.07, 6.45) is 0.326. The van der Waals surface area contributed by atoms with Gasteiger partial charge in [0.15, 0.2) is 0 Å². The van der Waals surface area contributed by atoms with Crippen molar-refractivity contribution in [2.24, 2.45) is 0 Å². The standard InChI is InChI=1S/C20H23ClN2O3/c1-25-15-6-8-16(9-7-15)26-13-10-20(24)23-12-11-22-14-19(23)17-4-2-3-5-18(17)21/h2-9,19,22H,10-14H2,1H3. The molecule has 1 N–H and O–H groups in total. The van der Waals surface area contributed by atoms with Crippen LogP contribution >= 0.6 is 11.6 Å². The summed E-state index contributed by atoms with van der Waals surface area (Å²) in [6, 6.07) is 15.0. The molecule has 1 saturated heterocycles. The highest BCUT2D eigenvalue weighted by atomic mass is 35.5. The van der Waals surface area contributed by atoms with Gasteiger partial charge in [-0.3, -0.25) is 4.79 Å². The van der Waals surface area contributed by atoms with E-state index in [1.807, 2.05) is 53.4 Å². The summed E-state index contributed by atoms with van der Waals surface area (Å²) in [6.45, 7) is 2.49. The molecule has 0 aromatic heterocycles. The second kappa shape index (κ2) is 8.92. The first-order chi connectivity index (χ1) is 12.7. The molecule has 1 unspecified atom stereocenters. The average Bonchev–Trinajstić information content (AvgIpc) is 2.69. The Hall–Kier alpha value is -2.24. The van der Waals surface area contributed by atoms with E-state index >= 15 is 0 Å². The zero-order valence-corrected chi connectivity index (χ0v) is 15.5. The summed E-state index contributed by atoms with van der Waals surface area (Å²) < 4.78 is 10.8. The highest BCUT2D eigenvalue weighted by Crippen LogP contribution is 2.29. The van der Waals surface area contributed by atoms with Gasteiger partial charge in [-0.15, -0.1) is 0 Å². The van der Waals surface area contributed by atoms with Crippen LogP contribution in [0.1, 0.15) is 18.0 Å². The van der Waals surface area contributed by atoms with Crippen molar-refractivity contribution in [1.82, 2.24) is 10.2 Å². The molecule has 1 aliphatic heterocycles. The fourth-order valence-electron chi connectivity index (χ4n) is 3.10. The van der Waals surface area contributed by atoms with Crippen LogP contribution in [0, 0.1) is 0 Å². The lowest BCUT2D eigenvalue weighted by Crippen LogP contribution is -2.49. The smallest absolute Gasteiger partial charge is 0.226 e. The molecule has 1 fully saturated rings. The van der Waals surface area contributed by atoms with Gasteiger partial charge in [-0.25, -0.2) is 0 Å². The summed E-state index contributed by atoms with van der Waals surface area (Å²) in [7, 11) is 1.62. The van der Waals surface area contributed by atoms with E-state index in [0.29, 0.717) is 31.1 Å². The lowest BCUT2D eigenvalue weighted by atomic mass is 10.0. The van der Waals surface area contributed by atoms with E-state index in [4.69, 9.17) is 21.1 Å². The number of amides is 1. The van der Waals surface area contributed by atoms with E-state index in [1.165, 1.54) is 0 Å². The van der Waals surface area contributed by atoms with Crippen LogP contribution in [0.25, 0.3) is 0 Å². The van der Waals surface area contributed by atoms with Crippen molar-refractivity contribution in [3.05, 3.63) is 59.1 Å². The number of nitrogens with zero attached hydrogens (tertiary/aromatic N) is 1. The van der Waals surface area contributed by atoms with Crippen LogP contribution in [-0.2, 0) is 4.79 Å². The first-order valence-electron chi connectivity index (χ1n) is 8.70. The predicted molar refractivity (Wildman–Crippen MR) is 102 cm³/mol. The fourth-order valence-corrected chi connectivity index (χ4v) is 3.36. The molecule has 2 aromatic carbocycles. The van der Waals surface area contributed by atoms with Crippen molar-refractivity contribution in [2.75, 3.05) is 33.4 Å². The Kier molecular flexibility index (Phi) is 6.36. The highest BCUT2D eigenvalue weighted by Gasteiger charge is 2.28. The molecule has 0 aliphatic carbocycles. The second-order valence-electron chi connectivity index (χ2n) is 6.10. The van der Waals surface area contributed by atoms with E-state index in [-0.39, 0.29) is 11.9 Å². The predicted octanol–water partition coefficient (Wildman–Crippen LogP) is 3.29. The Morgan fingerprint density at radius 2 is 1.92 bits per heavy atom. The summed E-state index contributed by atoms with van der Waals surface area (Å²) in [5, 5.41) is 4.03. The molecule has 3 rings (SSSR count). The number of carbonyl (C=O) groups excluding carboxylic acids is 1. The van der Waals surface area contributed by atoms with Crippen molar-refractivity contribution in [3.8, 4) is 11.5 Å². The first-order valence-corrected chi connectivity index (χ1v) is 9.08. The van der Waals surface area contributed by atoms with Gasteiger partial charge in [0.05, 0.1) is 26.2 Å². The Morgan fingerprint density at radius 1 is 1.19 bits per heavy atom. The molecule has 1 atom stereocenters. The molecule has 6 heteroatoms. The monoisotopic (exact) mass is 374 g/mol. The van der Waals surface area contributed by atoms with E-state index < -0.39 is 0 Å². The lowest BCUT2D eigenvalue weighted by molar-refractivity contribution is -0.135. The Bertz CT molecular complexity index is 736. The number of halogens is 1. The van der Waals surface area contributed by atoms with Gasteiger partial charge in [0.25, 0.3) is 0 Å². The highest BCUT2D eigenvalue weighted by molar-refractivity contribution is 6.31. The third-order valence-corrected chi connectivity index (χ3v) is 4.82. The van der Waals surface area contributed by atoms with Crippen molar-refractivity contribution in [3.63, 3.8) is 0 Å². The fraction of sp³-hybridized carbons (Fsp3) is 0.350. The SMILES string of the molecule is COc1ccc(OCCC(=O)N2CCNCC2c2ccccc2Cl)cc1. The van der Waals surface area contributed by atoms with E-state index in [9.17, 15) is 4.79 Å². The topological polar surface area (TPSA) is 50.8 Å². The number of carbonyl (C=O) groups is 1. The molecule has 0 saturated carbocycles. The molecule has 0 spiro atoms. The molecular formula is C20H23ClN2O3. The molecule has 0 bridgehead atoms. The third kappa shape index (κ3) is 4.48. The molecular weight excluding hydrogens is 352 g/mol. The molecule has 0 radical (unpaired) electrons.